The quantitative estimate of drug-likeness (QED) is 0.109. The van der Waals surface area contributed by atoms with Gasteiger partial charge < -0.3 is 19.9 Å². The van der Waals surface area contributed by atoms with Crippen molar-refractivity contribution in [1.82, 2.24) is 14.9 Å². The number of nitrogens with zero attached hydrogens (tertiary/aromatic N) is 2. The van der Waals surface area contributed by atoms with Gasteiger partial charge in [0, 0.05) is 38.3 Å². The number of nitro benzene ring substituents is 1. The van der Waals surface area contributed by atoms with Gasteiger partial charge in [0.15, 0.2) is 0 Å². The Morgan fingerprint density at radius 2 is 1.65 bits per heavy atom. The third kappa shape index (κ3) is 12.8. The highest BCUT2D eigenvalue weighted by Gasteiger charge is 2.29. The number of alkyl carbamates (subject to hydrolysis) is 1. The average Bonchev–Trinajstić information content (AvgIpc) is 2.77. The number of ether oxygens (including phenoxy) is 1. The van der Waals surface area contributed by atoms with E-state index >= 15 is 0 Å². The summed E-state index contributed by atoms with van der Waals surface area (Å²) in [6.45, 7) is 7.64. The molecule has 2 N–H and O–H groups in total. The lowest BCUT2D eigenvalue weighted by atomic mass is 10.2. The maximum atomic E-state index is 13.2. The first-order valence-corrected chi connectivity index (χ1v) is 12.8. The lowest BCUT2D eigenvalue weighted by Gasteiger charge is -2.24. The number of para-hydroxylation sites is 1. The standard InChI is InChI=1S/C23H38N4O6S/c1-23(2,3)33-22(29)25-16-10-4-5-11-17-26(18-12-6-9-15-24-19-28)34(32)21-14-8-7-13-20(21)27(30)31/h7-8,13-14,19H,4-6,9-12,15-18H2,1-3H3,(H,24,28)(H,25,29). The maximum Gasteiger partial charge on any atom is 0.407 e. The molecule has 192 valence electrons. The van der Waals surface area contributed by atoms with E-state index in [4.69, 9.17) is 4.74 Å². The molecule has 1 atom stereocenters. The maximum absolute atomic E-state index is 13.2. The number of carbonyl (C=O) groups excluding carboxylic acids is 2. The lowest BCUT2D eigenvalue weighted by Crippen LogP contribution is -2.33. The molecule has 0 radical (unpaired) electrons. The van der Waals surface area contributed by atoms with Crippen LogP contribution in [0.3, 0.4) is 0 Å². The van der Waals surface area contributed by atoms with E-state index in [1.807, 2.05) is 20.8 Å². The van der Waals surface area contributed by atoms with Crippen LogP contribution < -0.4 is 10.6 Å². The number of unbranched alkanes of at least 4 members (excludes halogenated alkanes) is 5. The van der Waals surface area contributed by atoms with E-state index in [1.165, 1.54) is 12.1 Å². The van der Waals surface area contributed by atoms with Crippen molar-refractivity contribution < 1.29 is 23.8 Å². The molecule has 0 spiro atoms. The third-order valence-electron chi connectivity index (χ3n) is 4.80. The van der Waals surface area contributed by atoms with Crippen LogP contribution in [0.2, 0.25) is 0 Å². The van der Waals surface area contributed by atoms with Crippen molar-refractivity contribution in [3.63, 3.8) is 0 Å². The molecule has 11 heteroatoms. The Labute approximate surface area is 205 Å². The Morgan fingerprint density at radius 3 is 2.26 bits per heavy atom. The van der Waals surface area contributed by atoms with Crippen LogP contribution in [0.1, 0.15) is 65.7 Å². The van der Waals surface area contributed by atoms with E-state index in [9.17, 15) is 24.3 Å². The van der Waals surface area contributed by atoms with Crippen molar-refractivity contribution in [3.8, 4) is 0 Å². The van der Waals surface area contributed by atoms with Gasteiger partial charge in [0.1, 0.15) is 5.60 Å². The molecule has 1 aromatic carbocycles. The van der Waals surface area contributed by atoms with Gasteiger partial charge in [-0.2, -0.15) is 0 Å². The fraction of sp³-hybridized carbons (Fsp3) is 0.652. The number of benzene rings is 1. The number of hydrogen-bond acceptors (Lipinski definition) is 7. The molecular formula is C23H38N4O6S. The SMILES string of the molecule is CC(C)(C)OC(=O)NCCCCCCN(CCCCCNC=O)[S+]([O-])c1ccccc1[N+](=O)[O-]. The van der Waals surface area contributed by atoms with Crippen LogP contribution in [-0.2, 0) is 20.9 Å². The summed E-state index contributed by atoms with van der Waals surface area (Å²) in [6, 6.07) is 6.13. The first kappa shape index (κ1) is 29.7. The molecule has 0 aliphatic heterocycles. The number of rotatable bonds is 17. The molecule has 1 unspecified atom stereocenters. The predicted octanol–water partition coefficient (Wildman–Crippen LogP) is 3.92. The second kappa shape index (κ2) is 16.3. The smallest absolute Gasteiger partial charge is 0.407 e. The summed E-state index contributed by atoms with van der Waals surface area (Å²) in [4.78, 5) is 33.1. The third-order valence-corrected chi connectivity index (χ3v) is 6.35. The van der Waals surface area contributed by atoms with Crippen LogP contribution in [0, 0.1) is 10.1 Å². The molecule has 1 aromatic rings. The molecule has 0 bridgehead atoms. The molecule has 1 rings (SSSR count). The molecule has 0 aliphatic rings. The van der Waals surface area contributed by atoms with Gasteiger partial charge in [-0.05, 0) is 46.5 Å². The van der Waals surface area contributed by atoms with E-state index < -0.39 is 28.0 Å². The van der Waals surface area contributed by atoms with Gasteiger partial charge in [-0.25, -0.2) is 4.79 Å². The highest BCUT2D eigenvalue weighted by molar-refractivity contribution is 7.89. The van der Waals surface area contributed by atoms with Crippen molar-refractivity contribution in [2.45, 2.75) is 76.2 Å². The molecule has 34 heavy (non-hydrogen) atoms. The average molecular weight is 499 g/mol. The topological polar surface area (TPSA) is 137 Å². The monoisotopic (exact) mass is 498 g/mol. The fourth-order valence-corrected chi connectivity index (χ4v) is 4.58. The zero-order valence-corrected chi connectivity index (χ0v) is 21.2. The molecule has 0 saturated heterocycles. The minimum absolute atomic E-state index is 0.144. The summed E-state index contributed by atoms with van der Waals surface area (Å²) in [5.74, 6) is 0. The molecule has 0 saturated carbocycles. The summed E-state index contributed by atoms with van der Waals surface area (Å²) in [7, 11) is 0. The van der Waals surface area contributed by atoms with E-state index in [0.717, 1.165) is 44.9 Å². The lowest BCUT2D eigenvalue weighted by molar-refractivity contribution is -0.387. The van der Waals surface area contributed by atoms with Crippen LogP contribution in [0.4, 0.5) is 10.5 Å². The van der Waals surface area contributed by atoms with Gasteiger partial charge in [0.2, 0.25) is 6.41 Å². The predicted molar refractivity (Wildman–Crippen MR) is 132 cm³/mol. The van der Waals surface area contributed by atoms with Gasteiger partial charge in [-0.15, -0.1) is 4.31 Å². The van der Waals surface area contributed by atoms with Crippen molar-refractivity contribution in [2.75, 3.05) is 26.2 Å². The molecule has 2 amide bonds. The highest BCUT2D eigenvalue weighted by atomic mass is 32.2. The number of nitro groups is 1. The summed E-state index contributed by atoms with van der Waals surface area (Å²) < 4.78 is 20.2. The zero-order chi connectivity index (χ0) is 25.4. The number of carbonyl (C=O) groups is 2. The zero-order valence-electron chi connectivity index (χ0n) is 20.4. The minimum atomic E-state index is -1.64. The van der Waals surface area contributed by atoms with Gasteiger partial charge in [0.25, 0.3) is 4.90 Å². The van der Waals surface area contributed by atoms with Gasteiger partial charge >= 0.3 is 11.8 Å². The highest BCUT2D eigenvalue weighted by Crippen LogP contribution is 2.27. The van der Waals surface area contributed by atoms with Crippen molar-refractivity contribution in [2.24, 2.45) is 0 Å². The molecule has 0 fully saturated rings. The van der Waals surface area contributed by atoms with E-state index in [1.54, 1.807) is 16.4 Å². The summed E-state index contributed by atoms with van der Waals surface area (Å²) in [5.41, 5.74) is -0.670. The van der Waals surface area contributed by atoms with Gasteiger partial charge in [-0.1, -0.05) is 31.4 Å². The van der Waals surface area contributed by atoms with Crippen LogP contribution in [-0.4, -0.2) is 58.1 Å². The first-order valence-electron chi connectivity index (χ1n) is 11.7. The first-order chi connectivity index (χ1) is 16.2. The van der Waals surface area contributed by atoms with Gasteiger partial charge in [-0.3, -0.25) is 14.9 Å². The Bertz CT molecular complexity index is 759. The number of amides is 2. The van der Waals surface area contributed by atoms with Crippen LogP contribution in [0.15, 0.2) is 29.2 Å². The molecule has 0 aliphatic carbocycles. The Balaban J connectivity index is 2.52. The Kier molecular flexibility index (Phi) is 14.2. The van der Waals surface area contributed by atoms with Crippen LogP contribution in [0.25, 0.3) is 0 Å². The van der Waals surface area contributed by atoms with Crippen LogP contribution in [0.5, 0.6) is 0 Å². The number of nitrogens with one attached hydrogen (secondary N) is 2. The summed E-state index contributed by atoms with van der Waals surface area (Å²) >= 11 is -1.64. The second-order valence-corrected chi connectivity index (χ2v) is 10.3. The van der Waals surface area contributed by atoms with Crippen molar-refractivity contribution >= 4 is 29.6 Å². The minimum Gasteiger partial charge on any atom is -0.593 e. The molecular weight excluding hydrogens is 460 g/mol. The van der Waals surface area contributed by atoms with Crippen molar-refractivity contribution in [1.29, 1.82) is 0 Å². The van der Waals surface area contributed by atoms with Crippen LogP contribution >= 0.6 is 0 Å². The summed E-state index contributed by atoms with van der Waals surface area (Å²) in [5, 5.41) is 16.7. The Morgan fingerprint density at radius 1 is 1.06 bits per heavy atom. The molecule has 0 aromatic heterocycles. The molecule has 10 nitrogen and oxygen atoms in total. The van der Waals surface area contributed by atoms with E-state index in [2.05, 4.69) is 10.6 Å². The Hall–Kier alpha value is -2.37. The number of hydrogen-bond donors (Lipinski definition) is 2. The van der Waals surface area contributed by atoms with Crippen molar-refractivity contribution in [3.05, 3.63) is 34.4 Å². The van der Waals surface area contributed by atoms with Gasteiger partial charge in [0.05, 0.1) is 16.3 Å². The van der Waals surface area contributed by atoms with E-state index in [-0.39, 0.29) is 10.6 Å². The normalized spacial score (nSPS) is 12.3. The molecule has 0 heterocycles. The summed E-state index contributed by atoms with van der Waals surface area (Å²) in [6.07, 6.45) is 6.02. The second-order valence-electron chi connectivity index (χ2n) is 8.88. The fourth-order valence-electron chi connectivity index (χ4n) is 3.19. The largest absolute Gasteiger partial charge is 0.593 e. The van der Waals surface area contributed by atoms with E-state index in [0.29, 0.717) is 32.6 Å².